The smallest absolute Gasteiger partial charge is 0.240 e. The molecule has 10 N–H and O–H groups in total. The summed E-state index contributed by atoms with van der Waals surface area (Å²) < 4.78 is 48.5. The fourth-order valence-corrected chi connectivity index (χ4v) is 5.03. The van der Waals surface area contributed by atoms with Crippen molar-refractivity contribution in [1.82, 2.24) is 15.7 Å². The Morgan fingerprint density at radius 2 is 1.75 bits per heavy atom. The lowest BCUT2D eigenvalue weighted by atomic mass is 9.97. The Labute approximate surface area is 159 Å². The number of primary sulfonamides is 2. The van der Waals surface area contributed by atoms with E-state index in [0.29, 0.717) is 11.1 Å². The Hall–Kier alpha value is -3.04. The fraction of sp³-hybridized carbons (Fsp3) is 0. The molecule has 1 aromatic heterocycles. The number of nitrogens with two attached hydrogens (primary N) is 4. The molecular weight excluding hydrogens is 408 g/mol. The van der Waals surface area contributed by atoms with Gasteiger partial charge in [-0.3, -0.25) is 5.10 Å². The van der Waals surface area contributed by atoms with Crippen molar-refractivity contribution in [2.45, 2.75) is 9.79 Å². The summed E-state index contributed by atoms with van der Waals surface area (Å²) in [4.78, 5) is -1.51. The van der Waals surface area contributed by atoms with E-state index < -0.39 is 35.7 Å². The van der Waals surface area contributed by atoms with E-state index in [1.165, 1.54) is 6.07 Å². The lowest BCUT2D eigenvalue weighted by Gasteiger charge is -2.17. The zero-order valence-corrected chi connectivity index (χ0v) is 15.8. The van der Waals surface area contributed by atoms with E-state index in [9.17, 15) is 16.8 Å². The van der Waals surface area contributed by atoms with Crippen LogP contribution < -0.4 is 27.4 Å². The lowest BCUT2D eigenvalue weighted by Crippen LogP contribution is -2.29. The Kier molecular flexibility index (Phi) is 4.82. The summed E-state index contributed by atoms with van der Waals surface area (Å²) in [7, 11) is -9.06. The minimum Gasteiger partial charge on any atom is -0.382 e. The van der Waals surface area contributed by atoms with Gasteiger partial charge in [-0.05, 0) is 11.6 Å². The second kappa shape index (κ2) is 6.84. The summed E-state index contributed by atoms with van der Waals surface area (Å²) >= 11 is 0. The number of sulfonamides is 2. The van der Waals surface area contributed by atoms with Crippen LogP contribution in [0.1, 0.15) is 5.56 Å². The summed E-state index contributed by atoms with van der Waals surface area (Å²) in [5.74, 6) is 4.74. The van der Waals surface area contributed by atoms with E-state index in [-0.39, 0.29) is 11.1 Å². The largest absolute Gasteiger partial charge is 0.382 e. The first kappa shape index (κ1) is 19.7. The van der Waals surface area contributed by atoms with Crippen molar-refractivity contribution >= 4 is 36.8 Å². The molecule has 3 rings (SSSR count). The number of hydrazine groups is 1. The van der Waals surface area contributed by atoms with Gasteiger partial charge in [-0.15, -0.1) is 5.10 Å². The van der Waals surface area contributed by atoms with E-state index in [0.717, 1.165) is 11.5 Å². The first-order valence-electron chi connectivity index (χ1n) is 7.50. The van der Waals surface area contributed by atoms with Gasteiger partial charge in [0.05, 0.1) is 11.7 Å². The summed E-state index contributed by atoms with van der Waals surface area (Å²) in [5.41, 5.74) is 8.83. The SMILES string of the molecule is NN/N=C(\N)c1c(-c2cccc3cn[nH]c23)ccc(S(N)(=O)=O)c1S(N)(=O)=O. The summed E-state index contributed by atoms with van der Waals surface area (Å²) in [6, 6.07) is 7.52. The van der Waals surface area contributed by atoms with Crippen LogP contribution in [-0.2, 0) is 20.0 Å². The summed E-state index contributed by atoms with van der Waals surface area (Å²) in [6.07, 6.45) is 1.57. The molecule has 12 nitrogen and oxygen atoms in total. The van der Waals surface area contributed by atoms with Gasteiger partial charge in [0.2, 0.25) is 20.0 Å². The second-order valence-electron chi connectivity index (χ2n) is 5.67. The van der Waals surface area contributed by atoms with E-state index in [1.807, 2.05) is 5.53 Å². The molecule has 0 atom stereocenters. The Morgan fingerprint density at radius 1 is 1.04 bits per heavy atom. The predicted molar refractivity (Wildman–Crippen MR) is 102 cm³/mol. The highest BCUT2D eigenvalue weighted by Gasteiger charge is 2.30. The van der Waals surface area contributed by atoms with Gasteiger partial charge in [0.15, 0.2) is 5.84 Å². The van der Waals surface area contributed by atoms with Crippen LogP contribution in [0.15, 0.2) is 51.4 Å². The molecule has 0 aliphatic carbocycles. The highest BCUT2D eigenvalue weighted by Crippen LogP contribution is 2.35. The molecule has 0 fully saturated rings. The average molecular weight is 424 g/mol. The van der Waals surface area contributed by atoms with Crippen LogP contribution in [0.3, 0.4) is 0 Å². The number of fused-ring (bicyclic) bond motifs is 1. The van der Waals surface area contributed by atoms with Crippen LogP contribution in [0.25, 0.3) is 22.0 Å². The molecule has 0 bridgehead atoms. The van der Waals surface area contributed by atoms with Crippen LogP contribution in [0.5, 0.6) is 0 Å². The summed E-state index contributed by atoms with van der Waals surface area (Å²) in [5, 5.41) is 21.5. The van der Waals surface area contributed by atoms with Crippen molar-refractivity contribution in [3.8, 4) is 11.1 Å². The van der Waals surface area contributed by atoms with Gasteiger partial charge in [0.25, 0.3) is 0 Å². The predicted octanol–water partition coefficient (Wildman–Crippen LogP) is -1.39. The van der Waals surface area contributed by atoms with Gasteiger partial charge in [0.1, 0.15) is 9.79 Å². The molecule has 148 valence electrons. The Morgan fingerprint density at radius 3 is 2.36 bits per heavy atom. The number of nitrogens with zero attached hydrogens (tertiary/aromatic N) is 2. The number of hydrogen-bond acceptors (Lipinski definition) is 8. The number of H-pyrrole nitrogens is 1. The number of rotatable bonds is 5. The molecule has 1 heterocycles. The van der Waals surface area contributed by atoms with E-state index in [4.69, 9.17) is 21.9 Å². The first-order valence-corrected chi connectivity index (χ1v) is 10.6. The molecule has 3 aromatic rings. The molecule has 0 aliphatic rings. The standard InChI is InChI=1S/C14H16N8O4S2/c15-14(21-22-16)11-8(9-3-1-2-7-6-19-20-12(7)9)4-5-10(27(17,23)24)13(11)28(18,25)26/h1-6,22H,16H2,(H2,15,21)(H,19,20)(H2,17,23,24)(H2,18,25,26). The number of amidine groups is 1. The highest BCUT2D eigenvalue weighted by molar-refractivity contribution is 7.92. The van der Waals surface area contributed by atoms with Crippen LogP contribution in [0.4, 0.5) is 0 Å². The number of hydrogen-bond donors (Lipinski definition) is 6. The summed E-state index contributed by atoms with van der Waals surface area (Å²) in [6.45, 7) is 0. The second-order valence-corrected chi connectivity index (χ2v) is 8.70. The van der Waals surface area contributed by atoms with Crippen LogP contribution >= 0.6 is 0 Å². The maximum Gasteiger partial charge on any atom is 0.240 e. The highest BCUT2D eigenvalue weighted by atomic mass is 32.2. The number of aromatic amines is 1. The molecule has 0 saturated carbocycles. The molecule has 0 unspecified atom stereocenters. The lowest BCUT2D eigenvalue weighted by molar-refractivity contribution is 0.584. The fourth-order valence-electron chi connectivity index (χ4n) is 2.87. The van der Waals surface area contributed by atoms with E-state index in [2.05, 4.69) is 15.3 Å². The van der Waals surface area contributed by atoms with Crippen molar-refractivity contribution < 1.29 is 16.8 Å². The van der Waals surface area contributed by atoms with Gasteiger partial charge < -0.3 is 5.73 Å². The molecule has 0 spiro atoms. The average Bonchev–Trinajstić information content (AvgIpc) is 3.07. The van der Waals surface area contributed by atoms with Crippen LogP contribution in [0.2, 0.25) is 0 Å². The number of para-hydroxylation sites is 1. The zero-order chi connectivity index (χ0) is 20.7. The first-order chi connectivity index (χ1) is 13.1. The van der Waals surface area contributed by atoms with Crippen molar-refractivity contribution in [3.05, 3.63) is 42.1 Å². The maximum absolute atomic E-state index is 12.3. The molecule has 0 saturated heterocycles. The maximum atomic E-state index is 12.3. The Balaban J connectivity index is 2.56. The van der Waals surface area contributed by atoms with Crippen molar-refractivity contribution in [2.24, 2.45) is 27.0 Å². The monoisotopic (exact) mass is 424 g/mol. The molecule has 14 heteroatoms. The van der Waals surface area contributed by atoms with Gasteiger partial charge in [0, 0.05) is 16.5 Å². The third-order valence-electron chi connectivity index (χ3n) is 3.92. The van der Waals surface area contributed by atoms with Crippen molar-refractivity contribution in [2.75, 3.05) is 0 Å². The van der Waals surface area contributed by atoms with Gasteiger partial charge >= 0.3 is 0 Å². The topological polar surface area (TPSA) is 225 Å². The number of hydrazone groups is 1. The number of benzene rings is 2. The van der Waals surface area contributed by atoms with Gasteiger partial charge in [-0.1, -0.05) is 24.3 Å². The zero-order valence-electron chi connectivity index (χ0n) is 14.1. The molecule has 0 amide bonds. The molecular formula is C14H16N8O4S2. The number of nitrogens with one attached hydrogen (secondary N) is 2. The normalized spacial score (nSPS) is 13.0. The van der Waals surface area contributed by atoms with E-state index >= 15 is 0 Å². The van der Waals surface area contributed by atoms with E-state index in [1.54, 1.807) is 24.4 Å². The molecule has 0 aliphatic heterocycles. The van der Waals surface area contributed by atoms with Crippen molar-refractivity contribution in [3.63, 3.8) is 0 Å². The molecule has 2 aromatic carbocycles. The van der Waals surface area contributed by atoms with Crippen LogP contribution in [-0.4, -0.2) is 32.9 Å². The van der Waals surface area contributed by atoms with Crippen molar-refractivity contribution in [1.29, 1.82) is 0 Å². The Bertz CT molecular complexity index is 1310. The van der Waals surface area contributed by atoms with Gasteiger partial charge in [-0.25, -0.2) is 38.5 Å². The minimum atomic E-state index is -4.60. The molecule has 0 radical (unpaired) electrons. The third-order valence-corrected chi connectivity index (χ3v) is 6.00. The molecule has 28 heavy (non-hydrogen) atoms. The minimum absolute atomic E-state index is 0.225. The number of aromatic nitrogens is 2. The van der Waals surface area contributed by atoms with Crippen LogP contribution in [0, 0.1) is 0 Å². The third kappa shape index (κ3) is 3.41. The quantitative estimate of drug-likeness (QED) is 0.123. The van der Waals surface area contributed by atoms with Gasteiger partial charge in [-0.2, -0.15) is 5.10 Å².